The second kappa shape index (κ2) is 8.62. The summed E-state index contributed by atoms with van der Waals surface area (Å²) in [6.07, 6.45) is 3.73. The number of likely N-dealkylation sites (N-methyl/N-ethyl adjacent to an activating group) is 1. The van der Waals surface area contributed by atoms with E-state index in [4.69, 9.17) is 10.5 Å². The number of alkyl halides is 2. The van der Waals surface area contributed by atoms with Crippen LogP contribution >= 0.6 is 0 Å². The first-order chi connectivity index (χ1) is 14.3. The number of carbonyl (C=O) groups excluding carboxylic acids is 1. The van der Waals surface area contributed by atoms with Crippen molar-refractivity contribution in [3.05, 3.63) is 70.8 Å². The number of rotatable bonds is 7. The van der Waals surface area contributed by atoms with Crippen LogP contribution in [-0.2, 0) is 15.1 Å². The van der Waals surface area contributed by atoms with Crippen molar-refractivity contribution in [3.63, 3.8) is 0 Å². The Bertz CT molecular complexity index is 1010. The largest absolute Gasteiger partial charge is 0.435 e. The Labute approximate surface area is 173 Å². The molecule has 0 radical (unpaired) electrons. The van der Waals surface area contributed by atoms with Crippen molar-refractivity contribution in [2.45, 2.75) is 19.1 Å². The lowest BCUT2D eigenvalue weighted by Gasteiger charge is -2.27. The van der Waals surface area contributed by atoms with Crippen LogP contribution < -0.4 is 10.5 Å². The third-order valence-electron chi connectivity index (χ3n) is 4.93. The number of nitrogens with zero attached hydrogens (tertiary/aromatic N) is 2. The zero-order valence-electron chi connectivity index (χ0n) is 16.9. The third kappa shape index (κ3) is 3.91. The number of hydrogen-bond donors (Lipinski definition) is 1. The van der Waals surface area contributed by atoms with Crippen LogP contribution in [0.3, 0.4) is 0 Å². The maximum Gasteiger partial charge on any atom is 0.387 e. The molecule has 2 aromatic rings. The lowest BCUT2D eigenvalue weighted by Crippen LogP contribution is -2.41. The van der Waals surface area contributed by atoms with Crippen LogP contribution in [0.2, 0.25) is 0 Å². The molecule has 0 saturated carbocycles. The Hall–Kier alpha value is -3.26. The first-order valence-electron chi connectivity index (χ1n) is 9.25. The number of nitrogens with two attached hydrogens (primary N) is 1. The van der Waals surface area contributed by atoms with Gasteiger partial charge in [0, 0.05) is 14.2 Å². The highest BCUT2D eigenvalue weighted by Gasteiger charge is 2.49. The molecule has 6 nitrogen and oxygen atoms in total. The summed E-state index contributed by atoms with van der Waals surface area (Å²) in [4.78, 5) is 19.1. The summed E-state index contributed by atoms with van der Waals surface area (Å²) < 4.78 is 34.8. The fourth-order valence-corrected chi connectivity index (χ4v) is 3.43. The molecule has 1 heterocycles. The van der Waals surface area contributed by atoms with E-state index in [0.717, 1.165) is 5.56 Å². The number of carbonyl (C=O) groups is 1. The average molecular weight is 415 g/mol. The van der Waals surface area contributed by atoms with Crippen LogP contribution in [0, 0.1) is 6.92 Å². The fourth-order valence-electron chi connectivity index (χ4n) is 3.43. The minimum absolute atomic E-state index is 0.0379. The molecule has 0 saturated heterocycles. The van der Waals surface area contributed by atoms with Gasteiger partial charge >= 0.3 is 6.61 Å². The van der Waals surface area contributed by atoms with E-state index in [1.54, 1.807) is 39.3 Å². The minimum Gasteiger partial charge on any atom is -0.435 e. The summed E-state index contributed by atoms with van der Waals surface area (Å²) in [7, 11) is 3.15. The molecule has 0 bridgehead atoms. The summed E-state index contributed by atoms with van der Waals surface area (Å²) in [5.41, 5.74) is 7.01. The van der Waals surface area contributed by atoms with Gasteiger partial charge in [-0.15, -0.1) is 0 Å². The van der Waals surface area contributed by atoms with Crippen molar-refractivity contribution in [2.24, 2.45) is 10.7 Å². The van der Waals surface area contributed by atoms with Crippen LogP contribution in [0.25, 0.3) is 6.08 Å². The molecule has 0 aliphatic carbocycles. The number of benzene rings is 2. The Morgan fingerprint density at radius 2 is 1.97 bits per heavy atom. The molecule has 8 heteroatoms. The minimum atomic E-state index is -2.94. The molecule has 2 aromatic carbocycles. The average Bonchev–Trinajstić information content (AvgIpc) is 2.94. The summed E-state index contributed by atoms with van der Waals surface area (Å²) in [6.45, 7) is -0.853. The smallest absolute Gasteiger partial charge is 0.387 e. The van der Waals surface area contributed by atoms with Crippen LogP contribution in [0.1, 0.15) is 22.3 Å². The summed E-state index contributed by atoms with van der Waals surface area (Å²) >= 11 is 0. The molecule has 0 aromatic heterocycles. The van der Waals surface area contributed by atoms with Gasteiger partial charge in [-0.2, -0.15) is 8.78 Å². The Morgan fingerprint density at radius 1 is 1.23 bits per heavy atom. The van der Waals surface area contributed by atoms with Gasteiger partial charge in [-0.3, -0.25) is 9.69 Å². The highest BCUT2D eigenvalue weighted by atomic mass is 19.3. The van der Waals surface area contributed by atoms with Crippen LogP contribution in [0.5, 0.6) is 5.75 Å². The van der Waals surface area contributed by atoms with E-state index in [9.17, 15) is 13.6 Å². The molecule has 0 fully saturated rings. The lowest BCUT2D eigenvalue weighted by atomic mass is 9.81. The monoisotopic (exact) mass is 415 g/mol. The normalized spacial score (nSPS) is 19.1. The van der Waals surface area contributed by atoms with Crippen molar-refractivity contribution in [2.75, 3.05) is 20.8 Å². The van der Waals surface area contributed by atoms with Crippen LogP contribution in [-0.4, -0.2) is 44.1 Å². The topological polar surface area (TPSA) is 77.2 Å². The molecule has 0 spiro atoms. The van der Waals surface area contributed by atoms with Gasteiger partial charge in [-0.1, -0.05) is 36.4 Å². The molecular weight excluding hydrogens is 392 g/mol. The first kappa shape index (κ1) is 21.4. The molecule has 3 rings (SSSR count). The highest BCUT2D eigenvalue weighted by Crippen LogP contribution is 2.41. The van der Waals surface area contributed by atoms with E-state index in [-0.39, 0.29) is 17.6 Å². The van der Waals surface area contributed by atoms with E-state index >= 15 is 0 Å². The van der Waals surface area contributed by atoms with Crippen LogP contribution in [0.4, 0.5) is 8.78 Å². The second-order valence-electron chi connectivity index (χ2n) is 6.89. The molecule has 158 valence electrons. The van der Waals surface area contributed by atoms with Crippen molar-refractivity contribution < 1.29 is 23.0 Å². The maximum atomic E-state index is 13.3. The van der Waals surface area contributed by atoms with Gasteiger partial charge in [0.2, 0.25) is 0 Å². The molecule has 1 aliphatic rings. The predicted molar refractivity (Wildman–Crippen MR) is 110 cm³/mol. The predicted octanol–water partition coefficient (Wildman–Crippen LogP) is 3.29. The van der Waals surface area contributed by atoms with E-state index in [0.29, 0.717) is 23.3 Å². The van der Waals surface area contributed by atoms with Crippen molar-refractivity contribution >= 4 is 17.9 Å². The number of methoxy groups -OCH3 is 1. The number of aryl methyl sites for hydroxylation is 1. The summed E-state index contributed by atoms with van der Waals surface area (Å²) in [6, 6.07) is 12.0. The van der Waals surface area contributed by atoms with Crippen molar-refractivity contribution in [1.82, 2.24) is 4.90 Å². The van der Waals surface area contributed by atoms with E-state index in [1.165, 1.54) is 11.0 Å². The van der Waals surface area contributed by atoms with E-state index < -0.39 is 12.2 Å². The van der Waals surface area contributed by atoms with E-state index in [1.807, 2.05) is 30.4 Å². The lowest BCUT2D eigenvalue weighted by molar-refractivity contribution is -0.129. The van der Waals surface area contributed by atoms with Crippen molar-refractivity contribution in [3.8, 4) is 5.75 Å². The second-order valence-corrected chi connectivity index (χ2v) is 6.89. The Morgan fingerprint density at radius 3 is 2.57 bits per heavy atom. The zero-order valence-corrected chi connectivity index (χ0v) is 16.9. The van der Waals surface area contributed by atoms with Gasteiger partial charge in [0.15, 0.2) is 11.5 Å². The molecule has 1 unspecified atom stereocenters. The first-order valence-corrected chi connectivity index (χ1v) is 9.25. The maximum absolute atomic E-state index is 13.3. The highest BCUT2D eigenvalue weighted by molar-refractivity contribution is 6.09. The standard InChI is InChI=1S/C22H23F2N3O3/c1-14-12-17(9-10-18(14)30-20(23)24)22(19(28)27(2)21(25)26-22)16-8-4-6-15(13-16)7-5-11-29-3/h4-10,12-13,20H,11H2,1-3H3,(H2,25,26). The quantitative estimate of drug-likeness (QED) is 0.753. The molecule has 1 amide bonds. The SMILES string of the molecule is COCC=Cc1cccc(C2(c3ccc(OC(F)F)c(C)c3)N=C(N)N(C)C2=O)c1. The number of guanidine groups is 1. The van der Waals surface area contributed by atoms with Gasteiger partial charge in [-0.25, -0.2) is 4.99 Å². The van der Waals surface area contributed by atoms with Gasteiger partial charge < -0.3 is 15.2 Å². The van der Waals surface area contributed by atoms with Crippen molar-refractivity contribution in [1.29, 1.82) is 0 Å². The van der Waals surface area contributed by atoms with Crippen LogP contribution in [0.15, 0.2) is 53.5 Å². The summed E-state index contributed by atoms with van der Waals surface area (Å²) in [5, 5.41) is 0. The number of halogens is 2. The Kier molecular flexibility index (Phi) is 6.17. The van der Waals surface area contributed by atoms with E-state index in [2.05, 4.69) is 9.73 Å². The van der Waals surface area contributed by atoms with Gasteiger partial charge in [0.25, 0.3) is 5.91 Å². The zero-order chi connectivity index (χ0) is 21.9. The Balaban J connectivity index is 2.15. The number of ether oxygens (including phenoxy) is 2. The number of hydrogen-bond acceptors (Lipinski definition) is 5. The van der Waals surface area contributed by atoms with Gasteiger partial charge in [-0.05, 0) is 47.4 Å². The molecule has 1 atom stereocenters. The molecule has 2 N–H and O–H groups in total. The summed E-state index contributed by atoms with van der Waals surface area (Å²) in [5.74, 6) is -0.221. The van der Waals surface area contributed by atoms with Gasteiger partial charge in [0.1, 0.15) is 5.75 Å². The third-order valence-corrected chi connectivity index (χ3v) is 4.93. The van der Waals surface area contributed by atoms with Gasteiger partial charge in [0.05, 0.1) is 6.61 Å². The molecule has 30 heavy (non-hydrogen) atoms. The number of aliphatic imine (C=N–C) groups is 1. The fraction of sp³-hybridized carbons (Fsp3) is 0.273. The molecule has 1 aliphatic heterocycles. The molecular formula is C22H23F2N3O3. The number of amides is 1.